The number of aromatic nitrogens is 2. The molecule has 0 saturated heterocycles. The molecule has 2 unspecified atom stereocenters. The van der Waals surface area contributed by atoms with Crippen LogP contribution in [0.25, 0.3) is 10.2 Å². The van der Waals surface area contributed by atoms with Crippen molar-refractivity contribution < 1.29 is 5.11 Å². The van der Waals surface area contributed by atoms with Gasteiger partial charge in [-0.25, -0.2) is 9.97 Å². The van der Waals surface area contributed by atoms with E-state index < -0.39 is 0 Å². The van der Waals surface area contributed by atoms with Crippen molar-refractivity contribution in [3.05, 3.63) is 17.8 Å². The molecule has 0 bridgehead atoms. The van der Waals surface area contributed by atoms with Crippen LogP contribution < -0.4 is 5.32 Å². The summed E-state index contributed by atoms with van der Waals surface area (Å²) in [5.41, 5.74) is 0.888. The van der Waals surface area contributed by atoms with Gasteiger partial charge in [-0.1, -0.05) is 13.8 Å². The largest absolute Gasteiger partial charge is 0.392 e. The van der Waals surface area contributed by atoms with Crippen molar-refractivity contribution in [3.63, 3.8) is 0 Å². The Bertz CT molecular complexity index is 551. The Hall–Kier alpha value is -1.20. The van der Waals surface area contributed by atoms with Gasteiger partial charge in [0, 0.05) is 11.5 Å². The molecule has 0 aromatic carbocycles. The van der Waals surface area contributed by atoms with E-state index in [1.54, 1.807) is 17.7 Å². The van der Waals surface area contributed by atoms with Crippen molar-refractivity contribution >= 4 is 27.4 Å². The number of rotatable bonds is 2. The van der Waals surface area contributed by atoms with Gasteiger partial charge in [0.25, 0.3) is 0 Å². The highest BCUT2D eigenvalue weighted by Crippen LogP contribution is 2.42. The average molecular weight is 249 g/mol. The highest BCUT2D eigenvalue weighted by molar-refractivity contribution is 7.17. The minimum absolute atomic E-state index is 0.0888. The molecule has 90 valence electrons. The first-order chi connectivity index (χ1) is 8.09. The minimum Gasteiger partial charge on any atom is -0.392 e. The fraction of sp³-hybridized carbons (Fsp3) is 0.500. The number of thiophene rings is 1. The number of aliphatic hydroxyl groups is 1. The normalized spacial score (nSPS) is 26.8. The van der Waals surface area contributed by atoms with Gasteiger partial charge in [0.2, 0.25) is 0 Å². The van der Waals surface area contributed by atoms with Crippen LogP contribution in [0, 0.1) is 5.41 Å². The van der Waals surface area contributed by atoms with Crippen molar-refractivity contribution in [2.24, 2.45) is 5.41 Å². The van der Waals surface area contributed by atoms with Crippen molar-refractivity contribution in [2.45, 2.75) is 32.4 Å². The van der Waals surface area contributed by atoms with Crippen LogP contribution in [0.1, 0.15) is 20.3 Å². The SMILES string of the molecule is CC1(C)C(O)CC1Nc1ncnc2ccsc12. The van der Waals surface area contributed by atoms with E-state index in [9.17, 15) is 5.11 Å². The van der Waals surface area contributed by atoms with Crippen LogP contribution in [0.3, 0.4) is 0 Å². The second-order valence-corrected chi connectivity index (χ2v) is 6.04. The summed E-state index contributed by atoms with van der Waals surface area (Å²) in [6.07, 6.45) is 2.14. The molecule has 1 fully saturated rings. The molecular weight excluding hydrogens is 234 g/mol. The Morgan fingerprint density at radius 3 is 3.00 bits per heavy atom. The molecule has 1 aliphatic carbocycles. The summed E-state index contributed by atoms with van der Waals surface area (Å²) in [5, 5.41) is 15.2. The number of nitrogens with one attached hydrogen (secondary N) is 1. The lowest BCUT2D eigenvalue weighted by Gasteiger charge is -2.49. The van der Waals surface area contributed by atoms with E-state index >= 15 is 0 Å². The zero-order chi connectivity index (χ0) is 12.0. The molecule has 0 radical (unpaired) electrons. The molecule has 0 aliphatic heterocycles. The van der Waals surface area contributed by atoms with Crippen LogP contribution in [0.5, 0.6) is 0 Å². The molecule has 0 spiro atoms. The lowest BCUT2D eigenvalue weighted by atomic mass is 9.64. The maximum Gasteiger partial charge on any atom is 0.147 e. The number of anilines is 1. The van der Waals surface area contributed by atoms with Gasteiger partial charge in [0.1, 0.15) is 12.1 Å². The third-order valence-corrected chi connectivity index (χ3v) is 4.68. The molecule has 4 nitrogen and oxygen atoms in total. The fourth-order valence-corrected chi connectivity index (χ4v) is 3.00. The minimum atomic E-state index is -0.222. The van der Waals surface area contributed by atoms with E-state index in [1.165, 1.54) is 0 Å². The Labute approximate surface area is 104 Å². The number of aliphatic hydroxyl groups excluding tert-OH is 1. The Morgan fingerprint density at radius 1 is 1.47 bits per heavy atom. The maximum absolute atomic E-state index is 9.73. The van der Waals surface area contributed by atoms with E-state index in [0.717, 1.165) is 22.5 Å². The molecule has 5 heteroatoms. The van der Waals surface area contributed by atoms with Gasteiger partial charge in [-0.05, 0) is 17.9 Å². The predicted molar refractivity (Wildman–Crippen MR) is 69.2 cm³/mol. The molecule has 2 aromatic rings. The summed E-state index contributed by atoms with van der Waals surface area (Å²) in [6.45, 7) is 4.15. The lowest BCUT2D eigenvalue weighted by Crippen LogP contribution is -2.57. The summed E-state index contributed by atoms with van der Waals surface area (Å²) in [5.74, 6) is 0.884. The Balaban J connectivity index is 1.89. The monoisotopic (exact) mass is 249 g/mol. The number of fused-ring (bicyclic) bond motifs is 1. The van der Waals surface area contributed by atoms with Gasteiger partial charge < -0.3 is 10.4 Å². The predicted octanol–water partition coefficient (Wildman–Crippen LogP) is 2.26. The number of nitrogens with zero attached hydrogens (tertiary/aromatic N) is 2. The number of hydrogen-bond donors (Lipinski definition) is 2. The van der Waals surface area contributed by atoms with Crippen molar-refractivity contribution in [3.8, 4) is 0 Å². The van der Waals surface area contributed by atoms with Crippen LogP contribution in [-0.2, 0) is 0 Å². The average Bonchev–Trinajstić information content (AvgIpc) is 2.77. The van der Waals surface area contributed by atoms with E-state index in [2.05, 4.69) is 29.1 Å². The van der Waals surface area contributed by atoms with Crippen molar-refractivity contribution in [1.29, 1.82) is 0 Å². The third kappa shape index (κ3) is 1.61. The van der Waals surface area contributed by atoms with Crippen LogP contribution in [0.15, 0.2) is 17.8 Å². The second kappa shape index (κ2) is 3.65. The van der Waals surface area contributed by atoms with E-state index in [1.807, 2.05) is 11.4 Å². The third-order valence-electron chi connectivity index (χ3n) is 3.77. The molecule has 1 aliphatic rings. The van der Waals surface area contributed by atoms with E-state index in [-0.39, 0.29) is 17.6 Å². The zero-order valence-electron chi connectivity index (χ0n) is 9.84. The summed E-state index contributed by atoms with van der Waals surface area (Å²) in [6, 6.07) is 2.27. The molecule has 2 aromatic heterocycles. The topological polar surface area (TPSA) is 58.0 Å². The lowest BCUT2D eigenvalue weighted by molar-refractivity contribution is -0.0511. The first-order valence-electron chi connectivity index (χ1n) is 5.72. The summed E-state index contributed by atoms with van der Waals surface area (Å²) in [7, 11) is 0. The zero-order valence-corrected chi connectivity index (χ0v) is 10.7. The number of hydrogen-bond acceptors (Lipinski definition) is 5. The quantitative estimate of drug-likeness (QED) is 0.857. The summed E-state index contributed by atoms with van der Waals surface area (Å²) in [4.78, 5) is 8.51. The Kier molecular flexibility index (Phi) is 2.34. The highest BCUT2D eigenvalue weighted by atomic mass is 32.1. The first-order valence-corrected chi connectivity index (χ1v) is 6.60. The van der Waals surface area contributed by atoms with Crippen molar-refractivity contribution in [1.82, 2.24) is 9.97 Å². The van der Waals surface area contributed by atoms with E-state index in [0.29, 0.717) is 0 Å². The van der Waals surface area contributed by atoms with E-state index in [4.69, 9.17) is 0 Å². The van der Waals surface area contributed by atoms with Gasteiger partial charge in [-0.15, -0.1) is 11.3 Å². The second-order valence-electron chi connectivity index (χ2n) is 5.13. The first kappa shape index (κ1) is 10.9. The Morgan fingerprint density at radius 2 is 2.29 bits per heavy atom. The van der Waals surface area contributed by atoms with Gasteiger partial charge in [0.05, 0.1) is 16.3 Å². The molecule has 2 heterocycles. The van der Waals surface area contributed by atoms with Crippen molar-refractivity contribution in [2.75, 3.05) is 5.32 Å². The summed E-state index contributed by atoms with van der Waals surface area (Å²) < 4.78 is 1.09. The van der Waals surface area contributed by atoms with Gasteiger partial charge >= 0.3 is 0 Å². The molecule has 17 heavy (non-hydrogen) atoms. The smallest absolute Gasteiger partial charge is 0.147 e. The molecule has 1 saturated carbocycles. The van der Waals surface area contributed by atoms with Crippen LogP contribution in [0.2, 0.25) is 0 Å². The molecular formula is C12H15N3OS. The molecule has 0 amide bonds. The molecule has 2 atom stereocenters. The molecule has 2 N–H and O–H groups in total. The molecule has 3 rings (SSSR count). The van der Waals surface area contributed by atoms with Gasteiger partial charge in [-0.3, -0.25) is 0 Å². The summed E-state index contributed by atoms with van der Waals surface area (Å²) >= 11 is 1.64. The highest BCUT2D eigenvalue weighted by Gasteiger charge is 2.47. The standard InChI is InChI=1S/C12H15N3OS/c1-12(2)8(5-9(12)16)15-11-10-7(3-4-17-10)13-6-14-11/h3-4,6,8-9,16H,5H2,1-2H3,(H,13,14,15). The van der Waals surface area contributed by atoms with Gasteiger partial charge in [0.15, 0.2) is 0 Å². The van der Waals surface area contributed by atoms with Crippen LogP contribution in [0.4, 0.5) is 5.82 Å². The van der Waals surface area contributed by atoms with Gasteiger partial charge in [-0.2, -0.15) is 0 Å². The fourth-order valence-electron chi connectivity index (χ4n) is 2.20. The maximum atomic E-state index is 9.73. The van der Waals surface area contributed by atoms with Crippen LogP contribution >= 0.6 is 11.3 Å². The van der Waals surface area contributed by atoms with Crippen LogP contribution in [-0.4, -0.2) is 27.2 Å².